The Balaban J connectivity index is 1.91. The van der Waals surface area contributed by atoms with Gasteiger partial charge in [-0.2, -0.15) is 0 Å². The second-order valence-electron chi connectivity index (χ2n) is 7.67. The zero-order valence-electron chi connectivity index (χ0n) is 18.0. The van der Waals surface area contributed by atoms with Gasteiger partial charge in [-0.05, 0) is 23.1 Å². The van der Waals surface area contributed by atoms with Crippen LogP contribution in [0.25, 0.3) is 0 Å². The van der Waals surface area contributed by atoms with E-state index in [9.17, 15) is 9.59 Å². The summed E-state index contributed by atoms with van der Waals surface area (Å²) in [4.78, 5) is 28.4. The summed E-state index contributed by atoms with van der Waals surface area (Å²) in [6.45, 7) is 3.01. The van der Waals surface area contributed by atoms with Gasteiger partial charge in [-0.25, -0.2) is 0 Å². The number of amides is 2. The van der Waals surface area contributed by atoms with Crippen molar-refractivity contribution in [3.63, 3.8) is 0 Å². The van der Waals surface area contributed by atoms with Gasteiger partial charge in [0.15, 0.2) is 0 Å². The van der Waals surface area contributed by atoms with Crippen LogP contribution in [0.15, 0.2) is 91.0 Å². The number of benzene rings is 3. The molecule has 1 N–H and O–H groups in total. The lowest BCUT2D eigenvalue weighted by Gasteiger charge is -2.31. The van der Waals surface area contributed by atoms with Crippen molar-refractivity contribution in [1.82, 2.24) is 10.2 Å². The van der Waals surface area contributed by atoms with Crippen molar-refractivity contribution in [2.45, 2.75) is 38.8 Å². The molecule has 31 heavy (non-hydrogen) atoms. The molecule has 0 saturated heterocycles. The van der Waals surface area contributed by atoms with Crippen LogP contribution in [0.1, 0.15) is 30.0 Å². The molecule has 0 spiro atoms. The molecule has 0 unspecified atom stereocenters. The van der Waals surface area contributed by atoms with E-state index in [4.69, 9.17) is 0 Å². The molecular formula is C27H30N2O2. The molecule has 0 heterocycles. The van der Waals surface area contributed by atoms with Gasteiger partial charge < -0.3 is 10.2 Å². The lowest BCUT2D eigenvalue weighted by molar-refractivity contribution is -0.140. The summed E-state index contributed by atoms with van der Waals surface area (Å²) < 4.78 is 0. The highest BCUT2D eigenvalue weighted by Crippen LogP contribution is 2.16. The Morgan fingerprint density at radius 1 is 0.774 bits per heavy atom. The lowest BCUT2D eigenvalue weighted by Crippen LogP contribution is -2.51. The maximum absolute atomic E-state index is 13.5. The largest absolute Gasteiger partial charge is 0.354 e. The molecule has 0 radical (unpaired) electrons. The van der Waals surface area contributed by atoms with Crippen molar-refractivity contribution >= 4 is 11.8 Å². The number of carbonyl (C=O) groups is 2. The van der Waals surface area contributed by atoms with Gasteiger partial charge in [0.25, 0.3) is 0 Å². The first-order valence-corrected chi connectivity index (χ1v) is 10.9. The quantitative estimate of drug-likeness (QED) is 0.535. The van der Waals surface area contributed by atoms with Crippen LogP contribution in [0.2, 0.25) is 0 Å². The van der Waals surface area contributed by atoms with Crippen LogP contribution in [0, 0.1) is 0 Å². The highest BCUT2D eigenvalue weighted by molar-refractivity contribution is 5.88. The number of carbonyl (C=O) groups excluding carboxylic acids is 2. The average Bonchev–Trinajstić information content (AvgIpc) is 2.81. The third-order valence-corrected chi connectivity index (χ3v) is 5.21. The minimum atomic E-state index is -0.578. The van der Waals surface area contributed by atoms with Gasteiger partial charge in [0.2, 0.25) is 11.8 Å². The molecule has 2 amide bonds. The molecule has 0 aliphatic rings. The summed E-state index contributed by atoms with van der Waals surface area (Å²) in [5.41, 5.74) is 2.98. The van der Waals surface area contributed by atoms with E-state index in [0.29, 0.717) is 19.5 Å². The zero-order chi connectivity index (χ0) is 21.9. The van der Waals surface area contributed by atoms with Crippen LogP contribution in [0.4, 0.5) is 0 Å². The molecule has 3 aromatic rings. The van der Waals surface area contributed by atoms with E-state index in [1.54, 1.807) is 4.90 Å². The highest BCUT2D eigenvalue weighted by Gasteiger charge is 2.30. The number of nitrogens with one attached hydrogen (secondary N) is 1. The first-order valence-electron chi connectivity index (χ1n) is 10.9. The van der Waals surface area contributed by atoms with Crippen LogP contribution >= 0.6 is 0 Å². The molecule has 160 valence electrons. The average molecular weight is 415 g/mol. The van der Waals surface area contributed by atoms with Gasteiger partial charge in [0.1, 0.15) is 6.04 Å². The van der Waals surface area contributed by atoms with Crippen LogP contribution in [-0.2, 0) is 29.0 Å². The van der Waals surface area contributed by atoms with Crippen molar-refractivity contribution in [3.05, 3.63) is 108 Å². The van der Waals surface area contributed by atoms with E-state index in [0.717, 1.165) is 23.1 Å². The van der Waals surface area contributed by atoms with Crippen molar-refractivity contribution in [2.75, 3.05) is 6.54 Å². The summed E-state index contributed by atoms with van der Waals surface area (Å²) in [7, 11) is 0. The number of hydrogen-bond acceptors (Lipinski definition) is 2. The van der Waals surface area contributed by atoms with E-state index < -0.39 is 6.04 Å². The molecule has 3 rings (SSSR count). The number of hydrogen-bond donors (Lipinski definition) is 1. The molecule has 4 heteroatoms. The molecule has 1 atom stereocenters. The van der Waals surface area contributed by atoms with Crippen molar-refractivity contribution < 1.29 is 9.59 Å². The van der Waals surface area contributed by atoms with Gasteiger partial charge in [0.05, 0.1) is 6.42 Å². The van der Waals surface area contributed by atoms with Gasteiger partial charge in [-0.1, -0.05) is 97.9 Å². The third kappa shape index (κ3) is 6.82. The molecule has 0 bridgehead atoms. The van der Waals surface area contributed by atoms with E-state index in [1.807, 2.05) is 97.9 Å². The Bertz CT molecular complexity index is 943. The van der Waals surface area contributed by atoms with Crippen molar-refractivity contribution in [3.8, 4) is 0 Å². The van der Waals surface area contributed by atoms with Gasteiger partial charge in [-0.3, -0.25) is 9.59 Å². The summed E-state index contributed by atoms with van der Waals surface area (Å²) in [5.74, 6) is -0.161. The van der Waals surface area contributed by atoms with Gasteiger partial charge in [-0.15, -0.1) is 0 Å². The van der Waals surface area contributed by atoms with Gasteiger partial charge >= 0.3 is 0 Å². The topological polar surface area (TPSA) is 49.4 Å². The summed E-state index contributed by atoms with van der Waals surface area (Å²) in [5, 5.41) is 3.00. The fourth-order valence-electron chi connectivity index (χ4n) is 3.57. The predicted octanol–water partition coefficient (Wildman–Crippen LogP) is 4.40. The summed E-state index contributed by atoms with van der Waals surface area (Å²) in [6, 6.07) is 28.8. The second kappa shape index (κ2) is 11.7. The third-order valence-electron chi connectivity index (χ3n) is 5.21. The summed E-state index contributed by atoms with van der Waals surface area (Å²) in [6.07, 6.45) is 1.59. The Kier molecular flexibility index (Phi) is 8.41. The van der Waals surface area contributed by atoms with Crippen molar-refractivity contribution in [2.24, 2.45) is 0 Å². The van der Waals surface area contributed by atoms with Crippen molar-refractivity contribution in [1.29, 1.82) is 0 Å². The standard InChI is InChI=1S/C27H30N2O2/c1-2-18-28-27(31)25(19-22-12-6-3-7-13-22)29(21-24-16-10-5-11-17-24)26(30)20-23-14-8-4-9-15-23/h3-17,25H,2,18-21H2,1H3,(H,28,31)/t25-/m1/s1. The van der Waals surface area contributed by atoms with Crippen LogP contribution in [-0.4, -0.2) is 29.3 Å². The number of rotatable bonds is 10. The Hall–Kier alpha value is -3.40. The molecule has 0 saturated carbocycles. The zero-order valence-corrected chi connectivity index (χ0v) is 18.0. The van der Waals surface area contributed by atoms with Crippen LogP contribution < -0.4 is 5.32 Å². The first kappa shape index (κ1) is 22.3. The van der Waals surface area contributed by atoms with Gasteiger partial charge in [0, 0.05) is 19.5 Å². The Morgan fingerprint density at radius 2 is 1.29 bits per heavy atom. The van der Waals surface area contributed by atoms with Crippen LogP contribution in [0.5, 0.6) is 0 Å². The monoisotopic (exact) mass is 414 g/mol. The molecule has 0 fully saturated rings. The molecule has 4 nitrogen and oxygen atoms in total. The van der Waals surface area contributed by atoms with E-state index in [1.165, 1.54) is 0 Å². The minimum Gasteiger partial charge on any atom is -0.354 e. The molecule has 0 aromatic heterocycles. The molecular weight excluding hydrogens is 384 g/mol. The number of nitrogens with zero attached hydrogens (tertiary/aromatic N) is 1. The SMILES string of the molecule is CCCNC(=O)[C@@H](Cc1ccccc1)N(Cc1ccccc1)C(=O)Cc1ccccc1. The van der Waals surface area contributed by atoms with E-state index >= 15 is 0 Å². The van der Waals surface area contributed by atoms with E-state index in [-0.39, 0.29) is 18.2 Å². The Morgan fingerprint density at radius 3 is 1.84 bits per heavy atom. The minimum absolute atomic E-state index is 0.0531. The Labute approximate surface area is 184 Å². The first-order chi connectivity index (χ1) is 15.2. The smallest absolute Gasteiger partial charge is 0.243 e. The van der Waals surface area contributed by atoms with E-state index in [2.05, 4.69) is 5.32 Å². The molecule has 0 aliphatic carbocycles. The fourth-order valence-corrected chi connectivity index (χ4v) is 3.57. The normalized spacial score (nSPS) is 11.5. The molecule has 0 aliphatic heterocycles. The second-order valence-corrected chi connectivity index (χ2v) is 7.67. The lowest BCUT2D eigenvalue weighted by atomic mass is 10.0. The maximum Gasteiger partial charge on any atom is 0.243 e. The van der Waals surface area contributed by atoms with Crippen LogP contribution in [0.3, 0.4) is 0 Å². The maximum atomic E-state index is 13.5. The molecule has 3 aromatic carbocycles. The fraction of sp³-hybridized carbons (Fsp3) is 0.259. The predicted molar refractivity (Wildman–Crippen MR) is 124 cm³/mol. The highest BCUT2D eigenvalue weighted by atomic mass is 16.2. The summed E-state index contributed by atoms with van der Waals surface area (Å²) >= 11 is 0.